The average Bonchev–Trinajstić information content (AvgIpc) is 3.13. The van der Waals surface area contributed by atoms with Crippen molar-refractivity contribution in [2.75, 3.05) is 12.4 Å². The quantitative estimate of drug-likeness (QED) is 0.431. The van der Waals surface area contributed by atoms with Gasteiger partial charge >= 0.3 is 0 Å². The van der Waals surface area contributed by atoms with Crippen LogP contribution in [0.15, 0.2) is 55.0 Å². The third kappa shape index (κ3) is 4.08. The monoisotopic (exact) mass is 404 g/mol. The number of hydrogen-bond donors (Lipinski definition) is 3. The number of carbonyl (C=O) groups is 1. The van der Waals surface area contributed by atoms with Gasteiger partial charge in [0, 0.05) is 43.1 Å². The van der Waals surface area contributed by atoms with Crippen molar-refractivity contribution in [3.63, 3.8) is 0 Å². The standard InChI is InChI=1S/C22H24N6O2/c1-4-14(12-28(3)16-8-17(29)9-16)22(30)27-21-10-19-15(11-24-21)7-20(26-19)18-5-6-23-13(2)25-18/h4-7,10-12,16-17,26,29H,1,8-9H2,2-3H3,(H,24,27,30)/b14-12+. The summed E-state index contributed by atoms with van der Waals surface area (Å²) in [5, 5.41) is 13.2. The normalized spacial score (nSPS) is 18.7. The van der Waals surface area contributed by atoms with Crippen LogP contribution in [0.4, 0.5) is 5.82 Å². The highest BCUT2D eigenvalue weighted by Gasteiger charge is 2.29. The summed E-state index contributed by atoms with van der Waals surface area (Å²) in [7, 11) is 1.90. The molecule has 0 bridgehead atoms. The summed E-state index contributed by atoms with van der Waals surface area (Å²) in [5.41, 5.74) is 2.93. The van der Waals surface area contributed by atoms with E-state index in [1.54, 1.807) is 24.7 Å². The van der Waals surface area contributed by atoms with Gasteiger partial charge in [-0.25, -0.2) is 15.0 Å². The minimum atomic E-state index is -0.290. The van der Waals surface area contributed by atoms with Gasteiger partial charge in [0.2, 0.25) is 0 Å². The van der Waals surface area contributed by atoms with Gasteiger partial charge < -0.3 is 20.3 Å². The van der Waals surface area contributed by atoms with Gasteiger partial charge in [-0.15, -0.1) is 0 Å². The van der Waals surface area contributed by atoms with Crippen LogP contribution < -0.4 is 5.32 Å². The lowest BCUT2D eigenvalue weighted by Gasteiger charge is -2.38. The molecule has 3 aromatic heterocycles. The molecule has 0 radical (unpaired) electrons. The van der Waals surface area contributed by atoms with Crippen LogP contribution in [-0.2, 0) is 4.79 Å². The Kier molecular flexibility index (Phi) is 5.33. The molecule has 8 heteroatoms. The van der Waals surface area contributed by atoms with Crippen molar-refractivity contribution >= 4 is 22.6 Å². The highest BCUT2D eigenvalue weighted by Crippen LogP contribution is 2.26. The van der Waals surface area contributed by atoms with E-state index in [1.165, 1.54) is 6.08 Å². The number of H-pyrrole nitrogens is 1. The third-order valence-corrected chi connectivity index (χ3v) is 5.29. The summed E-state index contributed by atoms with van der Waals surface area (Å²) in [6.45, 7) is 5.59. The maximum Gasteiger partial charge on any atom is 0.258 e. The van der Waals surface area contributed by atoms with Crippen molar-refractivity contribution in [1.82, 2.24) is 24.8 Å². The van der Waals surface area contributed by atoms with E-state index in [2.05, 4.69) is 31.8 Å². The lowest BCUT2D eigenvalue weighted by molar-refractivity contribution is -0.112. The molecule has 30 heavy (non-hydrogen) atoms. The molecule has 4 rings (SSSR count). The maximum atomic E-state index is 12.7. The second-order valence-corrected chi connectivity index (χ2v) is 7.52. The number of nitrogens with one attached hydrogen (secondary N) is 2. The average molecular weight is 404 g/mol. The Morgan fingerprint density at radius 2 is 2.17 bits per heavy atom. The topological polar surface area (TPSA) is 107 Å². The van der Waals surface area contributed by atoms with Gasteiger partial charge in [-0.1, -0.05) is 12.7 Å². The van der Waals surface area contributed by atoms with Gasteiger partial charge in [-0.3, -0.25) is 4.79 Å². The first-order valence-electron chi connectivity index (χ1n) is 9.77. The highest BCUT2D eigenvalue weighted by atomic mass is 16.3. The summed E-state index contributed by atoms with van der Waals surface area (Å²) < 4.78 is 0. The molecule has 1 amide bonds. The molecule has 3 heterocycles. The van der Waals surface area contributed by atoms with Crippen molar-refractivity contribution in [2.24, 2.45) is 0 Å². The van der Waals surface area contributed by atoms with Crippen LogP contribution in [0.5, 0.6) is 0 Å². The Morgan fingerprint density at radius 1 is 1.37 bits per heavy atom. The van der Waals surface area contributed by atoms with Crippen LogP contribution in [0.1, 0.15) is 18.7 Å². The first-order chi connectivity index (χ1) is 14.4. The van der Waals surface area contributed by atoms with Gasteiger partial charge in [0.15, 0.2) is 0 Å². The van der Waals surface area contributed by atoms with Gasteiger partial charge in [-0.05, 0) is 31.9 Å². The zero-order valence-corrected chi connectivity index (χ0v) is 17.0. The molecular weight excluding hydrogens is 380 g/mol. The zero-order chi connectivity index (χ0) is 21.3. The van der Waals surface area contributed by atoms with Crippen molar-refractivity contribution < 1.29 is 9.90 Å². The van der Waals surface area contributed by atoms with Crippen molar-refractivity contribution in [2.45, 2.75) is 31.9 Å². The summed E-state index contributed by atoms with van der Waals surface area (Å²) in [6.07, 6.45) is 7.86. The largest absolute Gasteiger partial charge is 0.393 e. The van der Waals surface area contributed by atoms with Crippen LogP contribution >= 0.6 is 0 Å². The Balaban J connectivity index is 1.51. The van der Waals surface area contributed by atoms with E-state index in [4.69, 9.17) is 0 Å². The Morgan fingerprint density at radius 3 is 2.87 bits per heavy atom. The molecule has 3 N–H and O–H groups in total. The number of nitrogens with zero attached hydrogens (tertiary/aromatic N) is 4. The molecule has 1 aliphatic rings. The molecule has 0 spiro atoms. The second kappa shape index (κ2) is 8.08. The number of aryl methyl sites for hydroxylation is 1. The van der Waals surface area contributed by atoms with E-state index < -0.39 is 0 Å². The van der Waals surface area contributed by atoms with Crippen LogP contribution in [0.25, 0.3) is 22.3 Å². The minimum absolute atomic E-state index is 0.236. The minimum Gasteiger partial charge on any atom is -0.393 e. The number of aromatic amines is 1. The molecule has 1 fully saturated rings. The number of hydrogen-bond acceptors (Lipinski definition) is 6. The first kappa shape index (κ1) is 19.8. The molecule has 8 nitrogen and oxygen atoms in total. The van der Waals surface area contributed by atoms with Crippen LogP contribution in [0, 0.1) is 6.92 Å². The van der Waals surface area contributed by atoms with Crippen LogP contribution in [0.2, 0.25) is 0 Å². The fourth-order valence-corrected chi connectivity index (χ4v) is 3.45. The van der Waals surface area contributed by atoms with E-state index in [9.17, 15) is 9.90 Å². The van der Waals surface area contributed by atoms with Gasteiger partial charge in [0.25, 0.3) is 5.91 Å². The number of aliphatic hydroxyl groups is 1. The number of pyridine rings is 1. The molecule has 0 saturated heterocycles. The molecule has 0 aromatic carbocycles. The molecule has 3 aromatic rings. The third-order valence-electron chi connectivity index (χ3n) is 5.29. The Hall–Kier alpha value is -3.52. The fourth-order valence-electron chi connectivity index (χ4n) is 3.45. The summed E-state index contributed by atoms with van der Waals surface area (Å²) in [5.74, 6) is 0.846. The van der Waals surface area contributed by atoms with E-state index in [0.717, 1.165) is 22.3 Å². The van der Waals surface area contributed by atoms with Gasteiger partial charge in [0.1, 0.15) is 11.6 Å². The molecule has 0 unspecified atom stereocenters. The molecule has 1 saturated carbocycles. The lowest BCUT2D eigenvalue weighted by Crippen LogP contribution is -2.43. The summed E-state index contributed by atoms with van der Waals surface area (Å²) >= 11 is 0. The smallest absolute Gasteiger partial charge is 0.258 e. The number of fused-ring (bicyclic) bond motifs is 1. The zero-order valence-electron chi connectivity index (χ0n) is 17.0. The Bertz CT molecular complexity index is 1130. The number of rotatable bonds is 6. The van der Waals surface area contributed by atoms with Crippen molar-refractivity contribution in [3.8, 4) is 11.4 Å². The van der Waals surface area contributed by atoms with E-state index in [0.29, 0.717) is 30.1 Å². The van der Waals surface area contributed by atoms with Gasteiger partial charge in [-0.2, -0.15) is 0 Å². The van der Waals surface area contributed by atoms with Gasteiger partial charge in [0.05, 0.1) is 28.6 Å². The molecular formula is C22H24N6O2. The number of carbonyl (C=O) groups excluding carboxylic acids is 1. The van der Waals surface area contributed by atoms with E-state index in [-0.39, 0.29) is 18.1 Å². The molecule has 1 aliphatic carbocycles. The first-order valence-corrected chi connectivity index (χ1v) is 9.77. The van der Waals surface area contributed by atoms with Crippen LogP contribution in [0.3, 0.4) is 0 Å². The number of aromatic nitrogens is 4. The number of aliphatic hydroxyl groups excluding tert-OH is 1. The van der Waals surface area contributed by atoms with Crippen molar-refractivity contribution in [3.05, 3.63) is 60.8 Å². The van der Waals surface area contributed by atoms with E-state index in [1.807, 2.05) is 31.0 Å². The van der Waals surface area contributed by atoms with Crippen LogP contribution in [-0.4, -0.2) is 55.0 Å². The van der Waals surface area contributed by atoms with Crippen molar-refractivity contribution in [1.29, 1.82) is 0 Å². The predicted octanol–water partition coefficient (Wildman–Crippen LogP) is 2.79. The molecule has 154 valence electrons. The predicted molar refractivity (Wildman–Crippen MR) is 116 cm³/mol. The summed E-state index contributed by atoms with van der Waals surface area (Å²) in [4.78, 5) is 30.8. The highest BCUT2D eigenvalue weighted by molar-refractivity contribution is 6.05. The lowest BCUT2D eigenvalue weighted by atomic mass is 9.88. The molecule has 0 aliphatic heterocycles. The Labute approximate surface area is 174 Å². The number of anilines is 1. The fraction of sp³-hybridized carbons (Fsp3) is 0.273. The van der Waals surface area contributed by atoms with E-state index >= 15 is 0 Å². The number of amides is 1. The summed E-state index contributed by atoms with van der Waals surface area (Å²) in [6, 6.07) is 5.83. The second-order valence-electron chi connectivity index (χ2n) is 7.52. The molecule has 0 atom stereocenters. The maximum absolute atomic E-state index is 12.7. The SMILES string of the molecule is C=C/C(=C\N(C)C1CC(O)C1)C(=O)Nc1cc2[nH]c(-c3ccnc(C)n3)cc2cn1.